The number of carbonyl (C=O) groups is 2. The lowest BCUT2D eigenvalue weighted by Gasteiger charge is -2.33. The molecule has 8 heteroatoms. The number of rotatable bonds is 4. The smallest absolute Gasteiger partial charge is 0.323 e. The Hall–Kier alpha value is -3.16. The molecule has 0 bridgehead atoms. The molecule has 1 saturated heterocycles. The van der Waals surface area contributed by atoms with Gasteiger partial charge in [0.05, 0.1) is 19.3 Å². The number of hydrogen-bond acceptors (Lipinski definition) is 4. The molecule has 0 unspecified atom stereocenters. The number of fused-ring (bicyclic) bond motifs is 2. The Morgan fingerprint density at radius 1 is 1.11 bits per heavy atom. The molecular formula is C27H26ClN3O3S. The number of nitrogens with one attached hydrogen (secondary N) is 1. The molecule has 2 aliphatic heterocycles. The number of halogens is 1. The first-order valence-corrected chi connectivity index (χ1v) is 12.7. The number of benzene rings is 3. The van der Waals surface area contributed by atoms with Crippen LogP contribution in [-0.2, 0) is 16.2 Å². The Bertz CT molecular complexity index is 1330. The Kier molecular flexibility index (Phi) is 6.15. The summed E-state index contributed by atoms with van der Waals surface area (Å²) < 4.78 is 5.49. The Morgan fingerprint density at radius 3 is 2.66 bits per heavy atom. The number of aryl methyl sites for hydroxylation is 2. The third-order valence-corrected chi connectivity index (χ3v) is 8.49. The SMILES string of the molecule is COc1ccc2c(c1)[C@]1(SCCN1C(=O)Nc1ccc(C)c(Cl)c1)C(=O)N2Cc1ccccc1C. The Labute approximate surface area is 214 Å². The van der Waals surface area contributed by atoms with Crippen molar-refractivity contribution in [3.63, 3.8) is 0 Å². The zero-order valence-electron chi connectivity index (χ0n) is 19.8. The van der Waals surface area contributed by atoms with Crippen molar-refractivity contribution < 1.29 is 14.3 Å². The minimum Gasteiger partial charge on any atom is -0.497 e. The number of anilines is 2. The number of methoxy groups -OCH3 is 1. The normalized spacial score (nSPS) is 18.8. The summed E-state index contributed by atoms with van der Waals surface area (Å²) in [5.41, 5.74) is 5.26. The second kappa shape index (κ2) is 9.13. The van der Waals surface area contributed by atoms with Crippen LogP contribution in [0.3, 0.4) is 0 Å². The van der Waals surface area contributed by atoms with E-state index in [1.54, 1.807) is 23.0 Å². The molecule has 1 spiro atoms. The topological polar surface area (TPSA) is 61.9 Å². The molecule has 0 saturated carbocycles. The van der Waals surface area contributed by atoms with Gasteiger partial charge in [-0.3, -0.25) is 9.69 Å². The van der Waals surface area contributed by atoms with E-state index < -0.39 is 4.87 Å². The lowest BCUT2D eigenvalue weighted by molar-refractivity contribution is -0.123. The van der Waals surface area contributed by atoms with Crippen molar-refractivity contribution in [2.24, 2.45) is 0 Å². The summed E-state index contributed by atoms with van der Waals surface area (Å²) in [6, 6.07) is 18.7. The van der Waals surface area contributed by atoms with Crippen molar-refractivity contribution in [2.45, 2.75) is 25.3 Å². The van der Waals surface area contributed by atoms with Gasteiger partial charge < -0.3 is 15.0 Å². The van der Waals surface area contributed by atoms with Crippen LogP contribution in [0.25, 0.3) is 0 Å². The number of hydrogen-bond donors (Lipinski definition) is 1. The minimum absolute atomic E-state index is 0.122. The largest absolute Gasteiger partial charge is 0.497 e. The van der Waals surface area contributed by atoms with Crippen molar-refractivity contribution in [1.29, 1.82) is 0 Å². The molecule has 6 nitrogen and oxygen atoms in total. The summed E-state index contributed by atoms with van der Waals surface area (Å²) in [6.07, 6.45) is 0. The molecular weight excluding hydrogens is 482 g/mol. The second-order valence-electron chi connectivity index (χ2n) is 8.74. The number of nitrogens with zero attached hydrogens (tertiary/aromatic N) is 2. The number of ether oxygens (including phenoxy) is 1. The van der Waals surface area contributed by atoms with Crippen LogP contribution in [0, 0.1) is 13.8 Å². The van der Waals surface area contributed by atoms with E-state index in [0.717, 1.165) is 27.9 Å². The van der Waals surface area contributed by atoms with Crippen molar-refractivity contribution >= 4 is 46.7 Å². The van der Waals surface area contributed by atoms with Gasteiger partial charge in [0.15, 0.2) is 4.87 Å². The zero-order chi connectivity index (χ0) is 24.7. The molecule has 0 radical (unpaired) electrons. The van der Waals surface area contributed by atoms with Crippen molar-refractivity contribution in [1.82, 2.24) is 4.90 Å². The maximum atomic E-state index is 14.2. The summed E-state index contributed by atoms with van der Waals surface area (Å²) in [6.45, 7) is 4.81. The van der Waals surface area contributed by atoms with Gasteiger partial charge in [-0.25, -0.2) is 4.79 Å². The van der Waals surface area contributed by atoms with Gasteiger partial charge in [0.1, 0.15) is 5.75 Å². The molecule has 0 aromatic heterocycles. The summed E-state index contributed by atoms with van der Waals surface area (Å²) in [7, 11) is 1.60. The highest BCUT2D eigenvalue weighted by atomic mass is 35.5. The van der Waals surface area contributed by atoms with E-state index >= 15 is 0 Å². The van der Waals surface area contributed by atoms with Crippen molar-refractivity contribution in [3.05, 3.63) is 87.9 Å². The molecule has 3 aromatic rings. The molecule has 2 heterocycles. The first-order chi connectivity index (χ1) is 16.8. The first-order valence-electron chi connectivity index (χ1n) is 11.4. The van der Waals surface area contributed by atoms with Crippen molar-refractivity contribution in [3.8, 4) is 5.75 Å². The third-order valence-electron chi connectivity index (χ3n) is 6.66. The van der Waals surface area contributed by atoms with Gasteiger partial charge in [-0.2, -0.15) is 0 Å². The van der Waals surface area contributed by atoms with Crippen LogP contribution in [0.5, 0.6) is 5.75 Å². The number of amides is 3. The summed E-state index contributed by atoms with van der Waals surface area (Å²) in [5, 5.41) is 3.52. The van der Waals surface area contributed by atoms with Crippen molar-refractivity contribution in [2.75, 3.05) is 29.6 Å². The maximum absolute atomic E-state index is 14.2. The van der Waals surface area contributed by atoms with E-state index in [4.69, 9.17) is 16.3 Å². The molecule has 3 aromatic carbocycles. The van der Waals surface area contributed by atoms with Gasteiger partial charge in [0, 0.05) is 28.6 Å². The van der Waals surface area contributed by atoms with E-state index in [1.165, 1.54) is 11.8 Å². The lowest BCUT2D eigenvalue weighted by Crippen LogP contribution is -2.51. The fraction of sp³-hybridized carbons (Fsp3) is 0.259. The van der Waals surface area contributed by atoms with Crippen LogP contribution in [0.15, 0.2) is 60.7 Å². The molecule has 1 fully saturated rings. The minimum atomic E-state index is -1.16. The van der Waals surface area contributed by atoms with Crippen LogP contribution in [-0.4, -0.2) is 36.2 Å². The molecule has 180 valence electrons. The van der Waals surface area contributed by atoms with E-state index in [0.29, 0.717) is 35.3 Å². The molecule has 0 aliphatic carbocycles. The second-order valence-corrected chi connectivity index (χ2v) is 10.4. The van der Waals surface area contributed by atoms with E-state index in [-0.39, 0.29) is 11.9 Å². The van der Waals surface area contributed by atoms with Crippen LogP contribution in [0.2, 0.25) is 5.02 Å². The highest BCUT2D eigenvalue weighted by molar-refractivity contribution is 8.01. The maximum Gasteiger partial charge on any atom is 0.323 e. The molecule has 2 aliphatic rings. The van der Waals surface area contributed by atoms with Crippen LogP contribution in [0.1, 0.15) is 22.3 Å². The van der Waals surface area contributed by atoms with Gasteiger partial charge in [0.2, 0.25) is 0 Å². The Morgan fingerprint density at radius 2 is 1.91 bits per heavy atom. The fourth-order valence-electron chi connectivity index (χ4n) is 4.70. The quantitative estimate of drug-likeness (QED) is 0.474. The first kappa shape index (κ1) is 23.6. The van der Waals surface area contributed by atoms with Gasteiger partial charge in [-0.1, -0.05) is 41.9 Å². The van der Waals surface area contributed by atoms with Gasteiger partial charge in [0.25, 0.3) is 5.91 Å². The zero-order valence-corrected chi connectivity index (χ0v) is 21.4. The van der Waals surface area contributed by atoms with E-state index in [9.17, 15) is 9.59 Å². The average molecular weight is 508 g/mol. The molecule has 35 heavy (non-hydrogen) atoms. The Balaban J connectivity index is 1.55. The molecule has 3 amide bonds. The predicted octanol–water partition coefficient (Wildman–Crippen LogP) is 5.95. The summed E-state index contributed by atoms with van der Waals surface area (Å²) >= 11 is 7.75. The lowest BCUT2D eigenvalue weighted by atomic mass is 10.1. The third kappa shape index (κ3) is 3.93. The standard InChI is InChI=1S/C27H26ClN3O3S/c1-17-6-4-5-7-19(17)16-30-24-11-10-21(34-3)15-22(24)27(25(30)32)31(12-13-35-27)26(33)29-20-9-8-18(2)23(28)14-20/h4-11,14-15H,12-13,16H2,1-3H3,(H,29,33)/t27-/m0/s1. The molecule has 1 atom stereocenters. The average Bonchev–Trinajstić information content (AvgIpc) is 3.39. The van der Waals surface area contributed by atoms with Crippen LogP contribution >= 0.6 is 23.4 Å². The fourth-order valence-corrected chi connectivity index (χ4v) is 6.33. The highest BCUT2D eigenvalue weighted by Gasteiger charge is 2.59. The summed E-state index contributed by atoms with van der Waals surface area (Å²) in [5.74, 6) is 1.17. The number of carbonyl (C=O) groups excluding carboxylic acids is 2. The van der Waals surface area contributed by atoms with E-state index in [1.807, 2.05) is 68.4 Å². The van der Waals surface area contributed by atoms with Gasteiger partial charge >= 0.3 is 6.03 Å². The van der Waals surface area contributed by atoms with Gasteiger partial charge in [-0.05, 0) is 60.9 Å². The van der Waals surface area contributed by atoms with Crippen LogP contribution in [0.4, 0.5) is 16.2 Å². The predicted molar refractivity (Wildman–Crippen MR) is 141 cm³/mol. The molecule has 5 rings (SSSR count). The monoisotopic (exact) mass is 507 g/mol. The van der Waals surface area contributed by atoms with Crippen LogP contribution < -0.4 is 15.0 Å². The summed E-state index contributed by atoms with van der Waals surface area (Å²) in [4.78, 5) is 30.0. The number of thioether (sulfide) groups is 1. The van der Waals surface area contributed by atoms with E-state index in [2.05, 4.69) is 5.32 Å². The van der Waals surface area contributed by atoms with Gasteiger partial charge in [-0.15, -0.1) is 11.8 Å². The highest BCUT2D eigenvalue weighted by Crippen LogP contribution is 2.55. The number of urea groups is 1. The molecule has 1 N–H and O–H groups in total.